The molecule has 0 heterocycles. The van der Waals surface area contributed by atoms with Crippen LogP contribution < -0.4 is 5.73 Å². The van der Waals surface area contributed by atoms with Crippen LogP contribution >= 0.6 is 35.6 Å². The molecule has 0 aromatic heterocycles. The Bertz CT molecular complexity index is 302. The van der Waals surface area contributed by atoms with E-state index in [9.17, 15) is 0 Å². The Morgan fingerprint density at radius 2 is 1.93 bits per heavy atom. The molecule has 0 radical (unpaired) electrons. The molecule has 0 aliphatic rings. The molecular weight excluding hydrogens is 252 g/mol. The normalized spacial score (nSPS) is 12.0. The second kappa shape index (κ2) is 7.34. The second-order valence-electron chi connectivity index (χ2n) is 3.42. The maximum absolute atomic E-state index is 6.00. The highest BCUT2D eigenvalue weighted by molar-refractivity contribution is 6.42. The van der Waals surface area contributed by atoms with E-state index >= 15 is 0 Å². The Kier molecular flexibility index (Phi) is 7.37. The molecule has 0 saturated carbocycles. The molecule has 15 heavy (non-hydrogen) atoms. The molecule has 0 amide bonds. The van der Waals surface area contributed by atoms with Gasteiger partial charge >= 0.3 is 0 Å². The zero-order valence-corrected chi connectivity index (χ0v) is 11.0. The first-order valence-electron chi connectivity index (χ1n) is 4.85. The molecule has 86 valence electrons. The van der Waals surface area contributed by atoms with Gasteiger partial charge in [-0.3, -0.25) is 0 Å². The van der Waals surface area contributed by atoms with Gasteiger partial charge in [0, 0.05) is 6.04 Å². The van der Waals surface area contributed by atoms with Crippen LogP contribution in [0.2, 0.25) is 10.0 Å². The Balaban J connectivity index is 0.00000196. The summed E-state index contributed by atoms with van der Waals surface area (Å²) in [4.78, 5) is 0. The van der Waals surface area contributed by atoms with Crippen molar-refractivity contribution in [1.82, 2.24) is 0 Å². The van der Waals surface area contributed by atoms with Crippen LogP contribution in [0.1, 0.15) is 37.8 Å². The van der Waals surface area contributed by atoms with E-state index in [1.165, 1.54) is 0 Å². The molecule has 0 fully saturated rings. The number of halogens is 3. The van der Waals surface area contributed by atoms with Crippen molar-refractivity contribution >= 4 is 35.6 Å². The Morgan fingerprint density at radius 3 is 2.47 bits per heavy atom. The second-order valence-corrected chi connectivity index (χ2v) is 4.24. The highest BCUT2D eigenvalue weighted by atomic mass is 35.5. The molecule has 1 rings (SSSR count). The van der Waals surface area contributed by atoms with Gasteiger partial charge in [0.05, 0.1) is 10.0 Å². The number of benzene rings is 1. The van der Waals surface area contributed by atoms with Crippen LogP contribution in [0.25, 0.3) is 0 Å². The van der Waals surface area contributed by atoms with Gasteiger partial charge < -0.3 is 5.73 Å². The predicted molar refractivity (Wildman–Crippen MR) is 70.2 cm³/mol. The van der Waals surface area contributed by atoms with Crippen LogP contribution in [0.15, 0.2) is 18.2 Å². The van der Waals surface area contributed by atoms with Gasteiger partial charge in [-0.15, -0.1) is 12.4 Å². The largest absolute Gasteiger partial charge is 0.324 e. The number of nitrogens with two attached hydrogens (primary N) is 1. The van der Waals surface area contributed by atoms with E-state index in [1.54, 1.807) is 6.07 Å². The van der Waals surface area contributed by atoms with Gasteiger partial charge in [-0.2, -0.15) is 0 Å². The summed E-state index contributed by atoms with van der Waals surface area (Å²) < 4.78 is 0. The summed E-state index contributed by atoms with van der Waals surface area (Å²) >= 11 is 11.7. The zero-order valence-electron chi connectivity index (χ0n) is 8.67. The lowest BCUT2D eigenvalue weighted by molar-refractivity contribution is 0.603. The Morgan fingerprint density at radius 1 is 1.27 bits per heavy atom. The predicted octanol–water partition coefficient (Wildman–Crippen LogP) is 4.61. The quantitative estimate of drug-likeness (QED) is 0.848. The van der Waals surface area contributed by atoms with Crippen molar-refractivity contribution in [3.05, 3.63) is 33.8 Å². The minimum absolute atomic E-state index is 0. The third-order valence-corrected chi connectivity index (χ3v) is 2.98. The first kappa shape index (κ1) is 15.0. The fourth-order valence-corrected chi connectivity index (χ4v) is 1.64. The SMILES string of the molecule is CCCC[C@@H](N)c1ccc(Cl)c(Cl)c1.Cl. The molecule has 1 nitrogen and oxygen atoms in total. The van der Waals surface area contributed by atoms with E-state index in [-0.39, 0.29) is 18.4 Å². The third kappa shape index (κ3) is 4.60. The van der Waals surface area contributed by atoms with Gasteiger partial charge in [0.2, 0.25) is 0 Å². The van der Waals surface area contributed by atoms with Crippen molar-refractivity contribution in [2.24, 2.45) is 5.73 Å². The maximum atomic E-state index is 6.00. The lowest BCUT2D eigenvalue weighted by atomic mass is 10.0. The summed E-state index contributed by atoms with van der Waals surface area (Å²) in [6, 6.07) is 5.66. The van der Waals surface area contributed by atoms with E-state index in [0.29, 0.717) is 10.0 Å². The summed E-state index contributed by atoms with van der Waals surface area (Å²) in [6.07, 6.45) is 3.30. The minimum atomic E-state index is 0. The van der Waals surface area contributed by atoms with Crippen molar-refractivity contribution < 1.29 is 0 Å². The number of rotatable bonds is 4. The first-order valence-corrected chi connectivity index (χ1v) is 5.61. The van der Waals surface area contributed by atoms with Crippen LogP contribution in [-0.2, 0) is 0 Å². The smallest absolute Gasteiger partial charge is 0.0595 e. The molecule has 4 heteroatoms. The van der Waals surface area contributed by atoms with Gasteiger partial charge in [-0.1, -0.05) is 49.0 Å². The molecule has 0 aliphatic heterocycles. The number of unbranched alkanes of at least 4 members (excludes halogenated alkanes) is 1. The molecule has 0 aliphatic carbocycles. The van der Waals surface area contributed by atoms with Crippen molar-refractivity contribution in [2.75, 3.05) is 0 Å². The third-order valence-electron chi connectivity index (χ3n) is 2.24. The monoisotopic (exact) mass is 267 g/mol. The van der Waals surface area contributed by atoms with E-state index in [4.69, 9.17) is 28.9 Å². The minimum Gasteiger partial charge on any atom is -0.324 e. The molecule has 0 bridgehead atoms. The van der Waals surface area contributed by atoms with Crippen molar-refractivity contribution in [3.8, 4) is 0 Å². The number of hydrogen-bond donors (Lipinski definition) is 1. The van der Waals surface area contributed by atoms with Gasteiger partial charge in [0.25, 0.3) is 0 Å². The lowest BCUT2D eigenvalue weighted by Crippen LogP contribution is -2.09. The molecule has 2 N–H and O–H groups in total. The Hall–Kier alpha value is 0.0500. The molecule has 1 aromatic carbocycles. The van der Waals surface area contributed by atoms with Crippen molar-refractivity contribution in [1.29, 1.82) is 0 Å². The van der Waals surface area contributed by atoms with Gasteiger partial charge in [0.15, 0.2) is 0 Å². The highest BCUT2D eigenvalue weighted by Gasteiger charge is 2.07. The maximum Gasteiger partial charge on any atom is 0.0595 e. The fraction of sp³-hybridized carbons (Fsp3) is 0.455. The van der Waals surface area contributed by atoms with Gasteiger partial charge in [-0.25, -0.2) is 0 Å². The highest BCUT2D eigenvalue weighted by Crippen LogP contribution is 2.26. The van der Waals surface area contributed by atoms with Crippen molar-refractivity contribution in [3.63, 3.8) is 0 Å². The zero-order chi connectivity index (χ0) is 10.6. The summed E-state index contributed by atoms with van der Waals surface area (Å²) in [5.74, 6) is 0. The topological polar surface area (TPSA) is 26.0 Å². The average molecular weight is 269 g/mol. The van der Waals surface area contributed by atoms with Crippen molar-refractivity contribution in [2.45, 2.75) is 32.2 Å². The summed E-state index contributed by atoms with van der Waals surface area (Å²) in [5.41, 5.74) is 7.06. The van der Waals surface area contributed by atoms with E-state index in [2.05, 4.69) is 6.92 Å². The molecule has 1 aromatic rings. The van der Waals surface area contributed by atoms with Crippen LogP contribution in [0, 0.1) is 0 Å². The lowest BCUT2D eigenvalue weighted by Gasteiger charge is -2.11. The summed E-state index contributed by atoms with van der Waals surface area (Å²) in [5, 5.41) is 1.16. The summed E-state index contributed by atoms with van der Waals surface area (Å²) in [7, 11) is 0. The summed E-state index contributed by atoms with van der Waals surface area (Å²) in [6.45, 7) is 2.15. The van der Waals surface area contributed by atoms with Crippen LogP contribution in [0.5, 0.6) is 0 Å². The van der Waals surface area contributed by atoms with Crippen LogP contribution in [0.4, 0.5) is 0 Å². The molecule has 0 unspecified atom stereocenters. The van der Waals surface area contributed by atoms with Gasteiger partial charge in [-0.05, 0) is 24.1 Å². The standard InChI is InChI=1S/C11H15Cl2N.ClH/c1-2-3-4-11(14)8-5-6-9(12)10(13)7-8;/h5-7,11H,2-4,14H2,1H3;1H/t11-;/m1./s1. The average Bonchev–Trinajstić information content (AvgIpc) is 2.18. The van der Waals surface area contributed by atoms with E-state index < -0.39 is 0 Å². The van der Waals surface area contributed by atoms with Gasteiger partial charge in [0.1, 0.15) is 0 Å². The Labute approximate surface area is 107 Å². The van der Waals surface area contributed by atoms with E-state index in [0.717, 1.165) is 24.8 Å². The van der Waals surface area contributed by atoms with E-state index in [1.807, 2.05) is 12.1 Å². The molecular formula is C11H16Cl3N. The van der Waals surface area contributed by atoms with Crippen LogP contribution in [0.3, 0.4) is 0 Å². The molecule has 0 saturated heterocycles. The molecule has 1 atom stereocenters. The first-order chi connectivity index (χ1) is 6.65. The fourth-order valence-electron chi connectivity index (χ4n) is 1.33. The van der Waals surface area contributed by atoms with Crippen LogP contribution in [-0.4, -0.2) is 0 Å². The molecule has 0 spiro atoms. The number of hydrogen-bond acceptors (Lipinski definition) is 1.